The molecule has 0 saturated carbocycles. The molecular formula is C22H25N3O2. The smallest absolute Gasteiger partial charge is 0.143 e. The van der Waals surface area contributed by atoms with Crippen LogP contribution >= 0.6 is 0 Å². The fourth-order valence-corrected chi connectivity index (χ4v) is 3.23. The van der Waals surface area contributed by atoms with E-state index in [2.05, 4.69) is 53.2 Å². The average molecular weight is 363 g/mol. The lowest BCUT2D eigenvalue weighted by Crippen LogP contribution is -2.21. The van der Waals surface area contributed by atoms with Crippen LogP contribution in [0.4, 0.5) is 5.69 Å². The van der Waals surface area contributed by atoms with Crippen LogP contribution in [0.5, 0.6) is 0 Å². The Morgan fingerprint density at radius 2 is 1.74 bits per heavy atom. The Labute approximate surface area is 160 Å². The number of oxime groups is 1. The Balaban J connectivity index is 1.72. The van der Waals surface area contributed by atoms with Gasteiger partial charge < -0.3 is 14.5 Å². The van der Waals surface area contributed by atoms with E-state index in [-0.39, 0.29) is 0 Å². The van der Waals surface area contributed by atoms with Gasteiger partial charge in [-0.15, -0.1) is 0 Å². The van der Waals surface area contributed by atoms with Crippen LogP contribution in [0.2, 0.25) is 0 Å². The molecule has 0 bridgehead atoms. The molecule has 0 spiro atoms. The molecule has 0 fully saturated rings. The van der Waals surface area contributed by atoms with Crippen molar-refractivity contribution in [2.24, 2.45) is 5.16 Å². The van der Waals surface area contributed by atoms with Crippen LogP contribution in [0.3, 0.4) is 0 Å². The molecule has 0 atom stereocenters. The van der Waals surface area contributed by atoms with E-state index >= 15 is 0 Å². The minimum absolute atomic E-state index is 0.614. The molecule has 0 radical (unpaired) electrons. The zero-order valence-corrected chi connectivity index (χ0v) is 15.8. The van der Waals surface area contributed by atoms with E-state index in [1.807, 2.05) is 18.2 Å². The van der Waals surface area contributed by atoms with E-state index in [9.17, 15) is 5.21 Å². The van der Waals surface area contributed by atoms with Gasteiger partial charge in [-0.3, -0.25) is 4.98 Å². The predicted octanol–water partition coefficient (Wildman–Crippen LogP) is 5.00. The predicted molar refractivity (Wildman–Crippen MR) is 109 cm³/mol. The standard InChI is InChI=1S/C22H25N3O2/c1-3-25(4-2)19-8-5-17(6-9-19)7-10-21(24-26)20-13-16-27-22(20)18-11-14-23-15-12-18/h5-6,8-9,11-16,26H,3-4,7,10H2,1-2H3/b24-21-. The normalized spacial score (nSPS) is 11.6. The van der Waals surface area contributed by atoms with Crippen molar-refractivity contribution in [1.82, 2.24) is 4.98 Å². The Hall–Kier alpha value is -3.08. The van der Waals surface area contributed by atoms with Crippen molar-refractivity contribution in [1.29, 1.82) is 0 Å². The Kier molecular flexibility index (Phi) is 6.26. The van der Waals surface area contributed by atoms with Crippen molar-refractivity contribution in [2.75, 3.05) is 18.0 Å². The van der Waals surface area contributed by atoms with Crippen LogP contribution in [-0.2, 0) is 6.42 Å². The number of anilines is 1. The van der Waals surface area contributed by atoms with E-state index in [1.54, 1.807) is 18.7 Å². The fourth-order valence-electron chi connectivity index (χ4n) is 3.23. The van der Waals surface area contributed by atoms with Gasteiger partial charge in [0.1, 0.15) is 5.76 Å². The lowest BCUT2D eigenvalue weighted by molar-refractivity contribution is 0.318. The summed E-state index contributed by atoms with van der Waals surface area (Å²) in [5.41, 5.74) is 4.78. The van der Waals surface area contributed by atoms with E-state index in [0.717, 1.165) is 30.6 Å². The summed E-state index contributed by atoms with van der Waals surface area (Å²) in [6.45, 7) is 6.31. The number of aryl methyl sites for hydroxylation is 1. The second kappa shape index (κ2) is 9.03. The summed E-state index contributed by atoms with van der Waals surface area (Å²) in [4.78, 5) is 6.35. The SMILES string of the molecule is CCN(CC)c1ccc(CC/C(=N/O)c2ccoc2-c2ccncc2)cc1. The number of benzene rings is 1. The number of pyridine rings is 1. The van der Waals surface area contributed by atoms with Crippen LogP contribution in [-0.4, -0.2) is 29.0 Å². The maximum absolute atomic E-state index is 9.56. The number of hydrogen-bond acceptors (Lipinski definition) is 5. The van der Waals surface area contributed by atoms with Gasteiger partial charge in [-0.2, -0.15) is 0 Å². The van der Waals surface area contributed by atoms with E-state index < -0.39 is 0 Å². The van der Waals surface area contributed by atoms with Crippen LogP contribution in [0, 0.1) is 0 Å². The summed E-state index contributed by atoms with van der Waals surface area (Å²) in [6.07, 6.45) is 6.47. The van der Waals surface area contributed by atoms with Crippen LogP contribution in [0.25, 0.3) is 11.3 Å². The van der Waals surface area contributed by atoms with Crippen molar-refractivity contribution in [3.8, 4) is 11.3 Å². The average Bonchev–Trinajstić information content (AvgIpc) is 3.21. The maximum atomic E-state index is 9.56. The van der Waals surface area contributed by atoms with Crippen molar-refractivity contribution >= 4 is 11.4 Å². The molecule has 140 valence electrons. The first-order valence-corrected chi connectivity index (χ1v) is 9.29. The maximum Gasteiger partial charge on any atom is 0.143 e. The third kappa shape index (κ3) is 4.37. The minimum Gasteiger partial charge on any atom is -0.464 e. The molecule has 0 aliphatic rings. The van der Waals surface area contributed by atoms with Crippen LogP contribution in [0.15, 0.2) is 70.7 Å². The molecule has 2 heterocycles. The molecule has 3 rings (SSSR count). The van der Waals surface area contributed by atoms with Crippen molar-refractivity contribution in [2.45, 2.75) is 26.7 Å². The fraction of sp³-hybridized carbons (Fsp3) is 0.273. The van der Waals surface area contributed by atoms with E-state index in [0.29, 0.717) is 17.9 Å². The number of aromatic nitrogens is 1. The van der Waals surface area contributed by atoms with Crippen molar-refractivity contribution < 1.29 is 9.62 Å². The first kappa shape index (κ1) is 18.7. The zero-order chi connectivity index (χ0) is 19.1. The highest BCUT2D eigenvalue weighted by Crippen LogP contribution is 2.26. The molecule has 3 aromatic rings. The van der Waals surface area contributed by atoms with Gasteiger partial charge in [0, 0.05) is 42.3 Å². The van der Waals surface area contributed by atoms with Crippen LogP contribution in [0.1, 0.15) is 31.4 Å². The molecule has 5 heteroatoms. The Morgan fingerprint density at radius 3 is 2.37 bits per heavy atom. The van der Waals surface area contributed by atoms with Gasteiger partial charge in [0.15, 0.2) is 0 Å². The van der Waals surface area contributed by atoms with Gasteiger partial charge in [-0.05, 0) is 62.6 Å². The topological polar surface area (TPSA) is 61.9 Å². The van der Waals surface area contributed by atoms with Crippen LogP contribution < -0.4 is 4.90 Å². The van der Waals surface area contributed by atoms with Crippen molar-refractivity contribution in [3.05, 3.63) is 72.2 Å². The molecule has 0 saturated heterocycles. The third-order valence-electron chi connectivity index (χ3n) is 4.75. The highest BCUT2D eigenvalue weighted by atomic mass is 16.4. The first-order valence-electron chi connectivity index (χ1n) is 9.29. The second-order valence-corrected chi connectivity index (χ2v) is 6.28. The van der Waals surface area contributed by atoms with Gasteiger partial charge in [-0.1, -0.05) is 17.3 Å². The lowest BCUT2D eigenvalue weighted by Gasteiger charge is -2.21. The molecule has 0 unspecified atom stereocenters. The number of furan rings is 1. The molecule has 27 heavy (non-hydrogen) atoms. The summed E-state index contributed by atoms with van der Waals surface area (Å²) >= 11 is 0. The summed E-state index contributed by atoms with van der Waals surface area (Å²) in [5.74, 6) is 0.696. The minimum atomic E-state index is 0.614. The first-order chi connectivity index (χ1) is 13.3. The molecule has 0 aliphatic heterocycles. The van der Waals surface area contributed by atoms with Gasteiger partial charge in [0.05, 0.1) is 12.0 Å². The largest absolute Gasteiger partial charge is 0.464 e. The quantitative estimate of drug-likeness (QED) is 0.348. The van der Waals surface area contributed by atoms with Gasteiger partial charge in [-0.25, -0.2) is 0 Å². The molecule has 1 aromatic carbocycles. The second-order valence-electron chi connectivity index (χ2n) is 6.28. The summed E-state index contributed by atoms with van der Waals surface area (Å²) in [6, 6.07) is 14.2. The summed E-state index contributed by atoms with van der Waals surface area (Å²) in [7, 11) is 0. The molecule has 1 N–H and O–H groups in total. The van der Waals surface area contributed by atoms with Crippen molar-refractivity contribution in [3.63, 3.8) is 0 Å². The highest BCUT2D eigenvalue weighted by molar-refractivity contribution is 6.04. The molecule has 0 amide bonds. The molecule has 5 nitrogen and oxygen atoms in total. The van der Waals surface area contributed by atoms with Gasteiger partial charge in [0.2, 0.25) is 0 Å². The van der Waals surface area contributed by atoms with Gasteiger partial charge >= 0.3 is 0 Å². The van der Waals surface area contributed by atoms with E-state index in [4.69, 9.17) is 4.42 Å². The number of hydrogen-bond donors (Lipinski definition) is 1. The lowest BCUT2D eigenvalue weighted by atomic mass is 10.00. The monoisotopic (exact) mass is 363 g/mol. The Morgan fingerprint density at radius 1 is 1.04 bits per heavy atom. The van der Waals surface area contributed by atoms with Gasteiger partial charge in [0.25, 0.3) is 0 Å². The number of rotatable bonds is 8. The molecular weight excluding hydrogens is 338 g/mol. The summed E-state index contributed by atoms with van der Waals surface area (Å²) in [5, 5.41) is 13.1. The molecule has 2 aromatic heterocycles. The van der Waals surface area contributed by atoms with E-state index in [1.165, 1.54) is 11.3 Å². The zero-order valence-electron chi connectivity index (χ0n) is 15.8. The highest BCUT2D eigenvalue weighted by Gasteiger charge is 2.15. The number of nitrogens with zero attached hydrogens (tertiary/aromatic N) is 3. The third-order valence-corrected chi connectivity index (χ3v) is 4.75. The molecule has 0 aliphatic carbocycles. The summed E-state index contributed by atoms with van der Waals surface area (Å²) < 4.78 is 5.63. The Bertz CT molecular complexity index is 866.